The van der Waals surface area contributed by atoms with E-state index in [9.17, 15) is 10.1 Å². The standard InChI is InChI=1S/C24H19NO4/c1-27-21-11-9-18(10-12-21)20(16-25)13-17-5-3-8-23(14-17)29-24(26)19-6-4-7-22(15-19)28-2/h3-15H,1-2H3/b20-13-. The maximum absolute atomic E-state index is 12.4. The van der Waals surface area contributed by atoms with Gasteiger partial charge >= 0.3 is 5.97 Å². The van der Waals surface area contributed by atoms with E-state index in [4.69, 9.17) is 14.2 Å². The first-order chi connectivity index (χ1) is 14.1. The fourth-order valence-corrected chi connectivity index (χ4v) is 2.70. The van der Waals surface area contributed by atoms with E-state index in [1.165, 1.54) is 7.11 Å². The lowest BCUT2D eigenvalue weighted by atomic mass is 10.0. The van der Waals surface area contributed by atoms with E-state index in [0.717, 1.165) is 16.9 Å². The van der Waals surface area contributed by atoms with Crippen LogP contribution in [0.25, 0.3) is 11.6 Å². The van der Waals surface area contributed by atoms with Crippen molar-refractivity contribution >= 4 is 17.6 Å². The molecule has 0 N–H and O–H groups in total. The number of nitrogens with zero attached hydrogens (tertiary/aromatic N) is 1. The number of carbonyl (C=O) groups excluding carboxylic acids is 1. The number of esters is 1. The summed E-state index contributed by atoms with van der Waals surface area (Å²) < 4.78 is 15.7. The Labute approximate surface area is 169 Å². The number of benzene rings is 3. The average molecular weight is 385 g/mol. The first-order valence-electron chi connectivity index (χ1n) is 8.85. The third-order valence-electron chi connectivity index (χ3n) is 4.21. The van der Waals surface area contributed by atoms with Crippen LogP contribution >= 0.6 is 0 Å². The summed E-state index contributed by atoms with van der Waals surface area (Å²) in [5.74, 6) is 1.20. The van der Waals surface area contributed by atoms with E-state index in [2.05, 4.69) is 6.07 Å². The quantitative estimate of drug-likeness (QED) is 0.259. The molecule has 0 aliphatic heterocycles. The van der Waals surface area contributed by atoms with Crippen LogP contribution in [-0.2, 0) is 0 Å². The molecule has 0 aliphatic carbocycles. The zero-order chi connectivity index (χ0) is 20.6. The molecule has 29 heavy (non-hydrogen) atoms. The second-order valence-electron chi connectivity index (χ2n) is 6.09. The normalized spacial score (nSPS) is 10.7. The molecule has 0 fully saturated rings. The van der Waals surface area contributed by atoms with Gasteiger partial charge in [-0.15, -0.1) is 0 Å². The van der Waals surface area contributed by atoms with E-state index in [1.54, 1.807) is 67.8 Å². The monoisotopic (exact) mass is 385 g/mol. The van der Waals surface area contributed by atoms with Crippen LogP contribution in [0.15, 0.2) is 72.8 Å². The fourth-order valence-electron chi connectivity index (χ4n) is 2.70. The molecule has 0 atom stereocenters. The SMILES string of the molecule is COc1ccc(/C(C#N)=C\c2cccc(OC(=O)c3cccc(OC)c3)c2)cc1. The van der Waals surface area contributed by atoms with Gasteiger partial charge in [-0.05, 0) is 71.8 Å². The maximum Gasteiger partial charge on any atom is 0.343 e. The van der Waals surface area contributed by atoms with Gasteiger partial charge in [-0.2, -0.15) is 5.26 Å². The van der Waals surface area contributed by atoms with Gasteiger partial charge in [-0.25, -0.2) is 4.79 Å². The van der Waals surface area contributed by atoms with Gasteiger partial charge in [0.05, 0.1) is 31.4 Å². The zero-order valence-corrected chi connectivity index (χ0v) is 16.1. The lowest BCUT2D eigenvalue weighted by Gasteiger charge is -2.07. The molecule has 0 aromatic heterocycles. The number of allylic oxidation sites excluding steroid dienone is 1. The largest absolute Gasteiger partial charge is 0.497 e. The summed E-state index contributed by atoms with van der Waals surface area (Å²) in [5, 5.41) is 9.53. The molecule has 3 rings (SSSR count). The van der Waals surface area contributed by atoms with E-state index in [0.29, 0.717) is 22.6 Å². The van der Waals surface area contributed by atoms with E-state index >= 15 is 0 Å². The highest BCUT2D eigenvalue weighted by Gasteiger charge is 2.10. The van der Waals surface area contributed by atoms with Crippen molar-refractivity contribution in [2.75, 3.05) is 14.2 Å². The Hall–Kier alpha value is -4.04. The number of rotatable bonds is 6. The Morgan fingerprint density at radius 1 is 0.828 bits per heavy atom. The molecule has 3 aromatic carbocycles. The van der Waals surface area contributed by atoms with E-state index in [1.807, 2.05) is 18.2 Å². The van der Waals surface area contributed by atoms with Crippen LogP contribution in [0.4, 0.5) is 0 Å². The lowest BCUT2D eigenvalue weighted by Crippen LogP contribution is -2.08. The second kappa shape index (κ2) is 9.25. The van der Waals surface area contributed by atoms with Crippen molar-refractivity contribution in [2.45, 2.75) is 0 Å². The fraction of sp³-hybridized carbons (Fsp3) is 0.0833. The van der Waals surface area contributed by atoms with Crippen LogP contribution in [0.2, 0.25) is 0 Å². The summed E-state index contributed by atoms with van der Waals surface area (Å²) in [4.78, 5) is 12.4. The molecule has 0 spiro atoms. The van der Waals surface area contributed by atoms with Crippen molar-refractivity contribution in [1.29, 1.82) is 5.26 Å². The first-order valence-corrected chi connectivity index (χ1v) is 8.85. The van der Waals surface area contributed by atoms with Gasteiger partial charge < -0.3 is 14.2 Å². The zero-order valence-electron chi connectivity index (χ0n) is 16.1. The van der Waals surface area contributed by atoms with Gasteiger partial charge in [-0.3, -0.25) is 0 Å². The Kier molecular flexibility index (Phi) is 6.29. The predicted octanol–water partition coefficient (Wildman–Crippen LogP) is 4.99. The Bertz CT molecular complexity index is 1080. The van der Waals surface area contributed by atoms with Gasteiger partial charge in [0.1, 0.15) is 17.2 Å². The highest BCUT2D eigenvalue weighted by atomic mass is 16.5. The minimum Gasteiger partial charge on any atom is -0.497 e. The third kappa shape index (κ3) is 5.02. The molecule has 3 aromatic rings. The van der Waals surface area contributed by atoms with Crippen molar-refractivity contribution in [2.24, 2.45) is 0 Å². The van der Waals surface area contributed by atoms with Crippen LogP contribution in [0, 0.1) is 11.3 Å². The number of carbonyl (C=O) groups is 1. The average Bonchev–Trinajstić information content (AvgIpc) is 2.78. The van der Waals surface area contributed by atoms with Crippen molar-refractivity contribution in [3.05, 3.63) is 89.5 Å². The molecule has 0 bridgehead atoms. The smallest absolute Gasteiger partial charge is 0.343 e. The first kappa shape index (κ1) is 19.7. The van der Waals surface area contributed by atoms with Crippen molar-refractivity contribution in [3.63, 3.8) is 0 Å². The minimum atomic E-state index is -0.485. The highest BCUT2D eigenvalue weighted by molar-refractivity contribution is 5.92. The summed E-state index contributed by atoms with van der Waals surface area (Å²) in [7, 11) is 3.13. The summed E-state index contributed by atoms with van der Waals surface area (Å²) in [6.07, 6.45) is 1.74. The summed E-state index contributed by atoms with van der Waals surface area (Å²) in [5.41, 5.74) is 2.39. The molecule has 5 heteroatoms. The van der Waals surface area contributed by atoms with E-state index < -0.39 is 5.97 Å². The summed E-state index contributed by atoms with van der Waals surface area (Å²) in [6.45, 7) is 0. The predicted molar refractivity (Wildman–Crippen MR) is 111 cm³/mol. The van der Waals surface area contributed by atoms with Crippen LogP contribution < -0.4 is 14.2 Å². The number of ether oxygens (including phenoxy) is 3. The number of hydrogen-bond donors (Lipinski definition) is 0. The number of methoxy groups -OCH3 is 2. The third-order valence-corrected chi connectivity index (χ3v) is 4.21. The van der Waals surface area contributed by atoms with Gasteiger partial charge in [-0.1, -0.05) is 18.2 Å². The molecule has 0 radical (unpaired) electrons. The molecular formula is C24H19NO4. The van der Waals surface area contributed by atoms with Crippen LogP contribution in [0.3, 0.4) is 0 Å². The van der Waals surface area contributed by atoms with E-state index in [-0.39, 0.29) is 0 Å². The van der Waals surface area contributed by atoms with Crippen LogP contribution in [-0.4, -0.2) is 20.2 Å². The molecule has 0 saturated carbocycles. The molecular weight excluding hydrogens is 366 g/mol. The second-order valence-corrected chi connectivity index (χ2v) is 6.09. The Morgan fingerprint density at radius 3 is 2.21 bits per heavy atom. The molecule has 0 unspecified atom stereocenters. The molecule has 0 amide bonds. The number of hydrogen-bond acceptors (Lipinski definition) is 5. The van der Waals surface area contributed by atoms with Crippen LogP contribution in [0.5, 0.6) is 17.2 Å². The molecule has 0 aliphatic rings. The minimum absolute atomic E-state index is 0.388. The molecule has 0 saturated heterocycles. The topological polar surface area (TPSA) is 68.5 Å². The lowest BCUT2D eigenvalue weighted by molar-refractivity contribution is 0.0734. The summed E-state index contributed by atoms with van der Waals surface area (Å²) in [6, 6.07) is 23.2. The van der Waals surface area contributed by atoms with Gasteiger partial charge in [0, 0.05) is 0 Å². The highest BCUT2D eigenvalue weighted by Crippen LogP contribution is 2.23. The Morgan fingerprint density at radius 2 is 1.52 bits per heavy atom. The van der Waals surface area contributed by atoms with Crippen molar-refractivity contribution in [1.82, 2.24) is 0 Å². The van der Waals surface area contributed by atoms with Crippen molar-refractivity contribution < 1.29 is 19.0 Å². The van der Waals surface area contributed by atoms with Gasteiger partial charge in [0.25, 0.3) is 0 Å². The maximum atomic E-state index is 12.4. The van der Waals surface area contributed by atoms with Crippen LogP contribution in [0.1, 0.15) is 21.5 Å². The molecule has 5 nitrogen and oxygen atoms in total. The molecule has 144 valence electrons. The molecule has 0 heterocycles. The van der Waals surface area contributed by atoms with Crippen molar-refractivity contribution in [3.8, 4) is 23.3 Å². The van der Waals surface area contributed by atoms with Gasteiger partial charge in [0.2, 0.25) is 0 Å². The van der Waals surface area contributed by atoms with Gasteiger partial charge in [0.15, 0.2) is 0 Å². The number of nitriles is 1. The Balaban J connectivity index is 1.81. The summed E-state index contributed by atoms with van der Waals surface area (Å²) >= 11 is 0.